The molecule has 0 spiro atoms. The van der Waals surface area contributed by atoms with E-state index in [0.717, 1.165) is 31.2 Å². The van der Waals surface area contributed by atoms with Gasteiger partial charge in [0.25, 0.3) is 0 Å². The van der Waals surface area contributed by atoms with Crippen LogP contribution in [0.15, 0.2) is 24.3 Å². The lowest BCUT2D eigenvalue weighted by molar-refractivity contribution is -0.130. The number of nitrogens with one attached hydrogen (secondary N) is 1. The zero-order valence-electron chi connectivity index (χ0n) is 11.0. The van der Waals surface area contributed by atoms with Crippen LogP contribution in [-0.4, -0.2) is 5.91 Å². The van der Waals surface area contributed by atoms with Crippen molar-refractivity contribution in [1.82, 2.24) is 5.32 Å². The molecule has 1 unspecified atom stereocenters. The quantitative estimate of drug-likeness (QED) is 0.871. The lowest BCUT2D eigenvalue weighted by Gasteiger charge is -2.25. The van der Waals surface area contributed by atoms with Crippen molar-refractivity contribution in [2.24, 2.45) is 5.41 Å². The summed E-state index contributed by atoms with van der Waals surface area (Å²) in [6.45, 7) is 3.97. The standard InChI is InChI=1S/C15H20FNO/c1-11(12-5-7-13(16)8-6-12)17-14(18)15(2)9-3-4-10-15/h5-8,11H,3-4,9-10H2,1-2H3,(H,17,18). The average Bonchev–Trinajstić information content (AvgIpc) is 2.78. The van der Waals surface area contributed by atoms with E-state index in [4.69, 9.17) is 0 Å². The molecule has 18 heavy (non-hydrogen) atoms. The molecule has 1 atom stereocenters. The van der Waals surface area contributed by atoms with Crippen LogP contribution in [0.25, 0.3) is 0 Å². The maximum atomic E-state index is 12.8. The topological polar surface area (TPSA) is 29.1 Å². The van der Waals surface area contributed by atoms with E-state index in [0.29, 0.717) is 0 Å². The Hall–Kier alpha value is -1.38. The van der Waals surface area contributed by atoms with Gasteiger partial charge >= 0.3 is 0 Å². The Morgan fingerprint density at radius 3 is 2.39 bits per heavy atom. The molecule has 2 nitrogen and oxygen atoms in total. The highest BCUT2D eigenvalue weighted by Crippen LogP contribution is 2.38. The van der Waals surface area contributed by atoms with Gasteiger partial charge in [0.2, 0.25) is 5.91 Å². The first-order chi connectivity index (χ1) is 8.51. The van der Waals surface area contributed by atoms with Crippen molar-refractivity contribution in [3.63, 3.8) is 0 Å². The highest BCUT2D eigenvalue weighted by atomic mass is 19.1. The van der Waals surface area contributed by atoms with Crippen LogP contribution >= 0.6 is 0 Å². The second kappa shape index (κ2) is 5.09. The van der Waals surface area contributed by atoms with Crippen molar-refractivity contribution in [1.29, 1.82) is 0 Å². The van der Waals surface area contributed by atoms with Gasteiger partial charge in [-0.3, -0.25) is 4.79 Å². The predicted octanol–water partition coefficient (Wildman–Crippen LogP) is 3.58. The van der Waals surface area contributed by atoms with E-state index in [1.165, 1.54) is 12.1 Å². The summed E-state index contributed by atoms with van der Waals surface area (Å²) in [5.74, 6) is -0.128. The SMILES string of the molecule is CC(NC(=O)C1(C)CCCC1)c1ccc(F)cc1. The minimum Gasteiger partial charge on any atom is -0.349 e. The van der Waals surface area contributed by atoms with Gasteiger partial charge in [-0.1, -0.05) is 31.9 Å². The number of amides is 1. The van der Waals surface area contributed by atoms with Gasteiger partial charge in [-0.25, -0.2) is 4.39 Å². The van der Waals surface area contributed by atoms with E-state index < -0.39 is 0 Å². The molecular weight excluding hydrogens is 229 g/mol. The van der Waals surface area contributed by atoms with Crippen LogP contribution in [0.4, 0.5) is 4.39 Å². The molecule has 0 aromatic heterocycles. The van der Waals surface area contributed by atoms with Gasteiger partial charge in [0.05, 0.1) is 6.04 Å². The number of hydrogen-bond acceptors (Lipinski definition) is 1. The zero-order valence-corrected chi connectivity index (χ0v) is 11.0. The molecule has 0 heterocycles. The summed E-state index contributed by atoms with van der Waals surface area (Å²) in [4.78, 5) is 12.2. The minimum atomic E-state index is -0.250. The summed E-state index contributed by atoms with van der Waals surface area (Å²) < 4.78 is 12.8. The maximum absolute atomic E-state index is 12.8. The van der Waals surface area contributed by atoms with Gasteiger partial charge < -0.3 is 5.32 Å². The molecule has 0 aliphatic heterocycles. The van der Waals surface area contributed by atoms with Crippen LogP contribution in [-0.2, 0) is 4.79 Å². The van der Waals surface area contributed by atoms with Crippen LogP contribution in [0, 0.1) is 11.2 Å². The molecular formula is C15H20FNO. The van der Waals surface area contributed by atoms with Crippen molar-refractivity contribution in [3.05, 3.63) is 35.6 Å². The van der Waals surface area contributed by atoms with Crippen molar-refractivity contribution in [2.45, 2.75) is 45.6 Å². The summed E-state index contributed by atoms with van der Waals surface area (Å²) in [5.41, 5.74) is 0.722. The third-order valence-electron chi connectivity index (χ3n) is 3.97. The van der Waals surface area contributed by atoms with Gasteiger partial charge in [-0.15, -0.1) is 0 Å². The molecule has 0 saturated heterocycles. The molecule has 1 fully saturated rings. The van der Waals surface area contributed by atoms with Crippen LogP contribution < -0.4 is 5.32 Å². The van der Waals surface area contributed by atoms with Crippen LogP contribution in [0.3, 0.4) is 0 Å². The predicted molar refractivity (Wildman–Crippen MR) is 69.5 cm³/mol. The summed E-state index contributed by atoms with van der Waals surface area (Å²) in [6.07, 6.45) is 4.20. The third kappa shape index (κ3) is 2.71. The Kier molecular flexibility index (Phi) is 3.69. The van der Waals surface area contributed by atoms with Gasteiger partial charge in [0.1, 0.15) is 5.82 Å². The second-order valence-corrected chi connectivity index (χ2v) is 5.51. The van der Waals surface area contributed by atoms with Crippen molar-refractivity contribution < 1.29 is 9.18 Å². The molecule has 98 valence electrons. The summed E-state index contributed by atoms with van der Waals surface area (Å²) in [7, 11) is 0. The van der Waals surface area contributed by atoms with Crippen molar-refractivity contribution >= 4 is 5.91 Å². The number of benzene rings is 1. The highest BCUT2D eigenvalue weighted by molar-refractivity contribution is 5.82. The number of carbonyl (C=O) groups excluding carboxylic acids is 1. The fraction of sp³-hybridized carbons (Fsp3) is 0.533. The molecule has 1 amide bonds. The number of rotatable bonds is 3. The Morgan fingerprint density at radius 2 is 1.83 bits per heavy atom. The van der Waals surface area contributed by atoms with E-state index in [-0.39, 0.29) is 23.2 Å². The number of carbonyl (C=O) groups is 1. The first-order valence-electron chi connectivity index (χ1n) is 6.58. The van der Waals surface area contributed by atoms with E-state index >= 15 is 0 Å². The Balaban J connectivity index is 2.00. The zero-order chi connectivity index (χ0) is 13.2. The lowest BCUT2D eigenvalue weighted by atomic mass is 9.87. The minimum absolute atomic E-state index is 0.0736. The Morgan fingerprint density at radius 1 is 1.28 bits per heavy atom. The molecule has 1 aromatic rings. The number of hydrogen-bond donors (Lipinski definition) is 1. The fourth-order valence-electron chi connectivity index (χ4n) is 2.59. The summed E-state index contributed by atoms with van der Waals surface area (Å²) in [5, 5.41) is 3.04. The van der Waals surface area contributed by atoms with Crippen molar-refractivity contribution in [3.8, 4) is 0 Å². The largest absolute Gasteiger partial charge is 0.349 e. The molecule has 1 aliphatic rings. The van der Waals surface area contributed by atoms with Gasteiger partial charge in [-0.2, -0.15) is 0 Å². The molecule has 1 aliphatic carbocycles. The monoisotopic (exact) mass is 249 g/mol. The first-order valence-corrected chi connectivity index (χ1v) is 6.58. The molecule has 1 N–H and O–H groups in total. The smallest absolute Gasteiger partial charge is 0.226 e. The van der Waals surface area contributed by atoms with Crippen molar-refractivity contribution in [2.75, 3.05) is 0 Å². The first kappa shape index (κ1) is 13.1. The highest BCUT2D eigenvalue weighted by Gasteiger charge is 2.36. The van der Waals surface area contributed by atoms with E-state index in [1.54, 1.807) is 12.1 Å². The summed E-state index contributed by atoms with van der Waals surface area (Å²) in [6, 6.07) is 6.22. The van der Waals surface area contributed by atoms with Gasteiger partial charge in [-0.05, 0) is 37.5 Å². The van der Waals surface area contributed by atoms with Crippen LogP contribution in [0.1, 0.15) is 51.1 Å². The molecule has 1 aromatic carbocycles. The van der Waals surface area contributed by atoms with Gasteiger partial charge in [0.15, 0.2) is 0 Å². The normalized spacial score (nSPS) is 19.5. The molecule has 2 rings (SSSR count). The second-order valence-electron chi connectivity index (χ2n) is 5.51. The molecule has 0 radical (unpaired) electrons. The van der Waals surface area contributed by atoms with Crippen LogP contribution in [0.5, 0.6) is 0 Å². The maximum Gasteiger partial charge on any atom is 0.226 e. The molecule has 0 bridgehead atoms. The molecule has 1 saturated carbocycles. The number of halogens is 1. The van der Waals surface area contributed by atoms with E-state index in [2.05, 4.69) is 5.32 Å². The summed E-state index contributed by atoms with van der Waals surface area (Å²) >= 11 is 0. The molecule has 3 heteroatoms. The Bertz CT molecular complexity index is 421. The van der Waals surface area contributed by atoms with Gasteiger partial charge in [0, 0.05) is 5.41 Å². The fourth-order valence-corrected chi connectivity index (χ4v) is 2.59. The van der Waals surface area contributed by atoms with E-state index in [1.807, 2.05) is 13.8 Å². The third-order valence-corrected chi connectivity index (χ3v) is 3.97. The average molecular weight is 249 g/mol. The van der Waals surface area contributed by atoms with Crippen LogP contribution in [0.2, 0.25) is 0 Å². The van der Waals surface area contributed by atoms with E-state index in [9.17, 15) is 9.18 Å². The Labute approximate surface area is 108 Å². The lowest BCUT2D eigenvalue weighted by Crippen LogP contribution is -2.38.